The van der Waals surface area contributed by atoms with E-state index in [0.29, 0.717) is 25.4 Å². The van der Waals surface area contributed by atoms with Crippen molar-refractivity contribution in [3.63, 3.8) is 0 Å². The average molecular weight is 612 g/mol. The molecule has 0 bridgehead atoms. The molecule has 0 aliphatic heterocycles. The van der Waals surface area contributed by atoms with Gasteiger partial charge in [-0.2, -0.15) is 5.14 Å². The fraction of sp³-hybridized carbons (Fsp3) is 0.391. The molecule has 4 atom stereocenters. The van der Waals surface area contributed by atoms with E-state index in [0.717, 1.165) is 5.56 Å². The lowest BCUT2D eigenvalue weighted by Gasteiger charge is -2.28. The second kappa shape index (κ2) is 14.0. The third-order valence-electron chi connectivity index (χ3n) is 4.72. The van der Waals surface area contributed by atoms with Crippen LogP contribution in [0.2, 0.25) is 14.5 Å². The maximum atomic E-state index is 12.9. The molecule has 198 valence electrons. The van der Waals surface area contributed by atoms with Crippen molar-refractivity contribution in [2.75, 3.05) is 0 Å². The van der Waals surface area contributed by atoms with Crippen LogP contribution in [0.25, 0.3) is 0 Å². The van der Waals surface area contributed by atoms with Gasteiger partial charge in [-0.25, -0.2) is 9.97 Å². The van der Waals surface area contributed by atoms with Crippen LogP contribution in [0, 0.1) is 0 Å². The Morgan fingerprint density at radius 3 is 2.28 bits per heavy atom. The maximum absolute atomic E-state index is 12.9. The molecular weight excluding hydrogens is 583 g/mol. The molecule has 2 aromatic heterocycles. The summed E-state index contributed by atoms with van der Waals surface area (Å²) >= 11 is 17.6. The van der Waals surface area contributed by atoms with Gasteiger partial charge in [0.25, 0.3) is 0 Å². The molecule has 0 aliphatic rings. The minimum Gasteiger partial charge on any atom is -0.598 e. The van der Waals surface area contributed by atoms with Crippen LogP contribution in [0.15, 0.2) is 42.9 Å². The van der Waals surface area contributed by atoms with E-state index < -0.39 is 39.6 Å². The normalized spacial score (nSPS) is 15.1. The molecule has 0 amide bonds. The van der Waals surface area contributed by atoms with Gasteiger partial charge >= 0.3 is 0 Å². The second-order valence-corrected chi connectivity index (χ2v) is 15.0. The molecule has 36 heavy (non-hydrogen) atoms. The summed E-state index contributed by atoms with van der Waals surface area (Å²) in [6.07, 6.45) is 1.74. The third kappa shape index (κ3) is 8.99. The first-order valence-corrected chi connectivity index (χ1v) is 15.1. The summed E-state index contributed by atoms with van der Waals surface area (Å²) in [5.41, 5.74) is 1.87. The van der Waals surface area contributed by atoms with Gasteiger partial charge in [-0.1, -0.05) is 46.9 Å². The molecule has 3 aromatic rings. The van der Waals surface area contributed by atoms with Gasteiger partial charge in [0, 0.05) is 49.9 Å². The number of halogens is 3. The van der Waals surface area contributed by atoms with E-state index in [1.54, 1.807) is 18.2 Å². The van der Waals surface area contributed by atoms with Gasteiger partial charge in [-0.3, -0.25) is 0 Å². The van der Waals surface area contributed by atoms with Gasteiger partial charge in [-0.05, 0) is 58.4 Å². The Balaban J connectivity index is 0.000000678. The largest absolute Gasteiger partial charge is 0.598 e. The van der Waals surface area contributed by atoms with Crippen LogP contribution in [-0.2, 0) is 22.7 Å². The average Bonchev–Trinajstić information content (AvgIpc) is 3.18. The smallest absolute Gasteiger partial charge is 0.138 e. The van der Waals surface area contributed by atoms with Crippen LogP contribution < -0.4 is 9.86 Å². The first kappa shape index (κ1) is 31.6. The summed E-state index contributed by atoms with van der Waals surface area (Å²) < 4.78 is 26.0. The van der Waals surface area contributed by atoms with Crippen LogP contribution in [0.3, 0.4) is 0 Å². The zero-order valence-electron chi connectivity index (χ0n) is 20.4. The van der Waals surface area contributed by atoms with E-state index in [1.165, 1.54) is 23.9 Å². The number of benzene rings is 1. The zero-order valence-corrected chi connectivity index (χ0v) is 25.1. The fourth-order valence-electron chi connectivity index (χ4n) is 2.68. The number of nitrogens with two attached hydrogens (primary N) is 1. The zero-order chi connectivity index (χ0) is 27.2. The minimum atomic E-state index is -1.38. The molecular formula is C23H29Cl3N4O3S3. The van der Waals surface area contributed by atoms with Crippen molar-refractivity contribution in [2.45, 2.75) is 56.8 Å². The van der Waals surface area contributed by atoms with E-state index in [1.807, 2.05) is 46.8 Å². The van der Waals surface area contributed by atoms with Crippen LogP contribution in [0.5, 0.6) is 0 Å². The van der Waals surface area contributed by atoms with Crippen molar-refractivity contribution in [2.24, 2.45) is 5.14 Å². The highest BCUT2D eigenvalue weighted by Crippen LogP contribution is 2.41. The van der Waals surface area contributed by atoms with Gasteiger partial charge in [0.1, 0.15) is 33.6 Å². The predicted molar refractivity (Wildman–Crippen MR) is 152 cm³/mol. The molecule has 0 saturated carbocycles. The van der Waals surface area contributed by atoms with Crippen molar-refractivity contribution < 1.29 is 14.2 Å². The topological polar surface area (TPSA) is 130 Å². The quantitative estimate of drug-likeness (QED) is 0.229. The Kier molecular flexibility index (Phi) is 12.2. The second-order valence-electron chi connectivity index (χ2n) is 8.91. The minimum absolute atomic E-state index is 0.102. The SMILES string of the molecule is CC(C)(C)[S+]([O-])N[C@@H](c1cccc(Cl)c1)c1cc([C@H](O)c2cncnc2Cl)sc1Cl.CC(C)[S+](N)[O-]. The van der Waals surface area contributed by atoms with Crippen molar-refractivity contribution in [3.8, 4) is 0 Å². The Labute approximate surface area is 237 Å². The Bertz CT molecular complexity index is 1120. The standard InChI is InChI=1S/C20H20Cl3N3O2S2.C3H9NOS/c1-20(2,3)30(28)26-16(11-5-4-6-12(21)7-11)13-8-15(29-19(13)23)17(27)14-9-24-10-25-18(14)22;1-3(2)6(4)5/h4-10,16-17,26-27H,1-3H3;3H,4H2,1-2H3/t16-,17+,30?;/m0./s1. The lowest BCUT2D eigenvalue weighted by Crippen LogP contribution is -2.41. The molecule has 1 aromatic carbocycles. The molecule has 2 unspecified atom stereocenters. The predicted octanol–water partition coefficient (Wildman–Crippen LogP) is 5.74. The summed E-state index contributed by atoms with van der Waals surface area (Å²) in [6.45, 7) is 9.28. The lowest BCUT2D eigenvalue weighted by molar-refractivity contribution is 0.223. The first-order valence-electron chi connectivity index (χ1n) is 10.7. The molecule has 2 heterocycles. The highest BCUT2D eigenvalue weighted by Gasteiger charge is 2.33. The van der Waals surface area contributed by atoms with Crippen LogP contribution in [0.4, 0.5) is 0 Å². The molecule has 0 saturated heterocycles. The summed E-state index contributed by atoms with van der Waals surface area (Å²) in [5.74, 6) is 0. The number of nitrogens with zero attached hydrogens (tertiary/aromatic N) is 2. The van der Waals surface area contributed by atoms with Gasteiger partial charge in [0.2, 0.25) is 0 Å². The maximum Gasteiger partial charge on any atom is 0.138 e. The van der Waals surface area contributed by atoms with Crippen LogP contribution >= 0.6 is 46.1 Å². The molecule has 13 heteroatoms. The van der Waals surface area contributed by atoms with E-state index >= 15 is 0 Å². The molecule has 0 spiro atoms. The Morgan fingerprint density at radius 1 is 1.11 bits per heavy atom. The number of hydrogen-bond acceptors (Lipinski definition) is 8. The molecule has 0 fully saturated rings. The monoisotopic (exact) mass is 610 g/mol. The number of aromatic nitrogens is 2. The van der Waals surface area contributed by atoms with Crippen molar-refractivity contribution in [3.05, 3.63) is 78.9 Å². The summed E-state index contributed by atoms with van der Waals surface area (Å²) in [6, 6.07) is 8.56. The van der Waals surface area contributed by atoms with Crippen molar-refractivity contribution in [1.29, 1.82) is 0 Å². The van der Waals surface area contributed by atoms with Crippen LogP contribution in [0.1, 0.15) is 68.3 Å². The fourth-order valence-corrected chi connectivity index (χ4v) is 5.26. The van der Waals surface area contributed by atoms with Crippen molar-refractivity contribution in [1.82, 2.24) is 14.7 Å². The summed E-state index contributed by atoms with van der Waals surface area (Å²) in [7, 11) is 0. The highest BCUT2D eigenvalue weighted by atomic mass is 35.5. The lowest BCUT2D eigenvalue weighted by atomic mass is 10.0. The molecule has 7 nitrogen and oxygen atoms in total. The van der Waals surface area contributed by atoms with E-state index in [-0.39, 0.29) is 10.4 Å². The molecule has 0 radical (unpaired) electrons. The van der Waals surface area contributed by atoms with Crippen LogP contribution in [-0.4, -0.2) is 34.2 Å². The van der Waals surface area contributed by atoms with Gasteiger partial charge < -0.3 is 14.2 Å². The number of rotatable bonds is 7. The molecule has 3 rings (SSSR count). The number of aliphatic hydroxyl groups excluding tert-OH is 1. The van der Waals surface area contributed by atoms with E-state index in [9.17, 15) is 14.2 Å². The summed E-state index contributed by atoms with van der Waals surface area (Å²) in [5, 5.41) is 16.5. The van der Waals surface area contributed by atoms with Gasteiger partial charge in [0.05, 0.1) is 4.34 Å². The third-order valence-corrected chi connectivity index (χ3v) is 9.21. The molecule has 0 aliphatic carbocycles. The van der Waals surface area contributed by atoms with Gasteiger partial charge in [-0.15, -0.1) is 16.1 Å². The molecule has 4 N–H and O–H groups in total. The van der Waals surface area contributed by atoms with E-state index in [4.69, 9.17) is 39.9 Å². The highest BCUT2D eigenvalue weighted by molar-refractivity contribution is 7.90. The van der Waals surface area contributed by atoms with Crippen molar-refractivity contribution >= 4 is 68.9 Å². The van der Waals surface area contributed by atoms with Gasteiger partial charge in [0.15, 0.2) is 0 Å². The Morgan fingerprint density at radius 2 is 1.75 bits per heavy atom. The number of hydrogen-bond donors (Lipinski definition) is 3. The first-order chi connectivity index (χ1) is 16.7. The number of thiophene rings is 1. The Hall–Kier alpha value is -0.630. The summed E-state index contributed by atoms with van der Waals surface area (Å²) in [4.78, 5) is 8.41. The number of aliphatic hydroxyl groups is 1. The number of nitrogens with one attached hydrogen (secondary N) is 1. The van der Waals surface area contributed by atoms with E-state index in [2.05, 4.69) is 14.7 Å².